The van der Waals surface area contributed by atoms with Gasteiger partial charge in [-0.15, -0.1) is 0 Å². The fourth-order valence-corrected chi connectivity index (χ4v) is 3.42. The first kappa shape index (κ1) is 16.5. The maximum absolute atomic E-state index is 10.8. The quantitative estimate of drug-likeness (QED) is 0.757. The molecule has 0 atom stereocenters. The lowest BCUT2D eigenvalue weighted by atomic mass is 10.1. The van der Waals surface area contributed by atoms with Crippen LogP contribution < -0.4 is 0 Å². The molecule has 0 aliphatic rings. The molecule has 0 unspecified atom stereocenters. The maximum Gasteiger partial charge on any atom is 0.313 e. The van der Waals surface area contributed by atoms with E-state index >= 15 is 0 Å². The van der Waals surface area contributed by atoms with Gasteiger partial charge in [-0.1, -0.05) is 48.8 Å². The van der Waals surface area contributed by atoms with Crippen molar-refractivity contribution >= 4 is 52.0 Å². The molecule has 1 heterocycles. The summed E-state index contributed by atoms with van der Waals surface area (Å²) in [6.45, 7) is 4.20. The van der Waals surface area contributed by atoms with Gasteiger partial charge >= 0.3 is 5.97 Å². The zero-order chi connectivity index (χ0) is 15.6. The summed E-state index contributed by atoms with van der Waals surface area (Å²) in [7, 11) is 0. The number of rotatable bonds is 6. The molecular weight excluding hydrogens is 331 g/mol. The number of thioether (sulfide) groups is 1. The molecule has 0 fully saturated rings. The number of carboxylic acid groups (broad SMARTS) is 1. The number of carbonyl (C=O) groups is 1. The van der Waals surface area contributed by atoms with Gasteiger partial charge in [-0.25, -0.2) is 4.98 Å². The van der Waals surface area contributed by atoms with Crippen molar-refractivity contribution in [1.82, 2.24) is 9.55 Å². The Morgan fingerprint density at radius 2 is 1.95 bits per heavy atom. The van der Waals surface area contributed by atoms with Crippen molar-refractivity contribution in [2.75, 3.05) is 5.75 Å². The molecule has 114 valence electrons. The molecule has 0 amide bonds. The van der Waals surface area contributed by atoms with Gasteiger partial charge in [0.1, 0.15) is 0 Å². The Morgan fingerprint density at radius 1 is 1.33 bits per heavy atom. The van der Waals surface area contributed by atoms with Crippen molar-refractivity contribution in [2.24, 2.45) is 0 Å². The molecule has 1 aromatic carbocycles. The number of fused-ring (bicyclic) bond motifs is 1. The summed E-state index contributed by atoms with van der Waals surface area (Å²) in [6, 6.07) is 3.78. The van der Waals surface area contributed by atoms with Crippen LogP contribution in [0.25, 0.3) is 11.0 Å². The maximum atomic E-state index is 10.8. The average molecular weight is 347 g/mol. The molecule has 7 heteroatoms. The Balaban J connectivity index is 2.59. The van der Waals surface area contributed by atoms with E-state index in [1.807, 2.05) is 0 Å². The van der Waals surface area contributed by atoms with Gasteiger partial charge in [-0.2, -0.15) is 0 Å². The van der Waals surface area contributed by atoms with Gasteiger partial charge in [-0.05, 0) is 25.0 Å². The van der Waals surface area contributed by atoms with Crippen LogP contribution >= 0.6 is 35.0 Å². The van der Waals surface area contributed by atoms with E-state index in [4.69, 9.17) is 28.3 Å². The minimum Gasteiger partial charge on any atom is -0.481 e. The van der Waals surface area contributed by atoms with Crippen LogP contribution in [0.3, 0.4) is 0 Å². The largest absolute Gasteiger partial charge is 0.481 e. The van der Waals surface area contributed by atoms with Crippen molar-refractivity contribution < 1.29 is 9.90 Å². The second-order valence-corrected chi connectivity index (χ2v) is 6.43. The number of halogens is 2. The summed E-state index contributed by atoms with van der Waals surface area (Å²) in [6.07, 6.45) is 1.87. The van der Waals surface area contributed by atoms with Gasteiger partial charge < -0.3 is 9.67 Å². The minimum absolute atomic E-state index is 0.0229. The topological polar surface area (TPSA) is 55.1 Å². The van der Waals surface area contributed by atoms with Crippen LogP contribution in [0.1, 0.15) is 32.7 Å². The summed E-state index contributed by atoms with van der Waals surface area (Å²) in [5.74, 6) is -0.885. The van der Waals surface area contributed by atoms with Crippen LogP contribution in [0, 0.1) is 0 Å². The summed E-state index contributed by atoms with van der Waals surface area (Å²) in [5, 5.41) is 10.5. The molecule has 0 radical (unpaired) electrons. The lowest BCUT2D eigenvalue weighted by Crippen LogP contribution is -2.09. The Morgan fingerprint density at radius 3 is 2.52 bits per heavy atom. The first-order chi connectivity index (χ1) is 9.97. The van der Waals surface area contributed by atoms with E-state index in [9.17, 15) is 4.79 Å². The van der Waals surface area contributed by atoms with Gasteiger partial charge in [0.25, 0.3) is 0 Å². The first-order valence-corrected chi connectivity index (χ1v) is 8.43. The standard InChI is InChI=1S/C14H16Cl2N2O2S/c1-3-8(4-2)18-12-6-10(16)9(15)5-11(12)17-14(18)21-7-13(19)20/h5-6,8H,3-4,7H2,1-2H3,(H,19,20). The highest BCUT2D eigenvalue weighted by atomic mass is 35.5. The molecule has 4 nitrogen and oxygen atoms in total. The van der Waals surface area contributed by atoms with Crippen molar-refractivity contribution in [3.05, 3.63) is 22.2 Å². The third-order valence-corrected chi connectivity index (χ3v) is 4.99. The highest BCUT2D eigenvalue weighted by Gasteiger charge is 2.19. The zero-order valence-electron chi connectivity index (χ0n) is 11.8. The van der Waals surface area contributed by atoms with Gasteiger partial charge in [0.15, 0.2) is 5.16 Å². The molecule has 21 heavy (non-hydrogen) atoms. The first-order valence-electron chi connectivity index (χ1n) is 6.69. The van der Waals surface area contributed by atoms with E-state index in [2.05, 4.69) is 23.4 Å². The predicted octanol–water partition coefficient (Wildman–Crippen LogP) is 4.88. The van der Waals surface area contributed by atoms with Crippen LogP contribution in [-0.2, 0) is 4.79 Å². The molecule has 0 aliphatic carbocycles. The minimum atomic E-state index is -0.862. The summed E-state index contributed by atoms with van der Waals surface area (Å²) < 4.78 is 2.07. The number of aromatic nitrogens is 2. The van der Waals surface area contributed by atoms with E-state index in [-0.39, 0.29) is 11.8 Å². The third kappa shape index (κ3) is 3.47. The smallest absolute Gasteiger partial charge is 0.313 e. The molecule has 1 aromatic heterocycles. The average Bonchev–Trinajstić information content (AvgIpc) is 2.77. The van der Waals surface area contributed by atoms with Gasteiger partial charge in [0.2, 0.25) is 0 Å². The predicted molar refractivity (Wildman–Crippen MR) is 87.7 cm³/mol. The lowest BCUT2D eigenvalue weighted by Gasteiger charge is -2.18. The summed E-state index contributed by atoms with van der Waals surface area (Å²) in [4.78, 5) is 15.3. The monoisotopic (exact) mass is 346 g/mol. The van der Waals surface area contributed by atoms with Crippen LogP contribution in [0.5, 0.6) is 0 Å². The molecular formula is C14H16Cl2N2O2S. The van der Waals surface area contributed by atoms with E-state index in [1.54, 1.807) is 12.1 Å². The van der Waals surface area contributed by atoms with Gasteiger partial charge in [-0.3, -0.25) is 4.79 Å². The van der Waals surface area contributed by atoms with Crippen LogP contribution in [0.2, 0.25) is 10.0 Å². The van der Waals surface area contributed by atoms with E-state index in [0.717, 1.165) is 23.9 Å². The van der Waals surface area contributed by atoms with E-state index in [0.29, 0.717) is 15.2 Å². The summed E-state index contributed by atoms with van der Waals surface area (Å²) in [5.41, 5.74) is 1.63. The molecule has 0 saturated carbocycles. The fraction of sp³-hybridized carbons (Fsp3) is 0.429. The van der Waals surface area contributed by atoms with Crippen molar-refractivity contribution in [3.63, 3.8) is 0 Å². The van der Waals surface area contributed by atoms with Gasteiger partial charge in [0, 0.05) is 6.04 Å². The Kier molecular flexibility index (Phi) is 5.41. The number of hydrogen-bond donors (Lipinski definition) is 1. The Hall–Kier alpha value is -0.910. The number of hydrogen-bond acceptors (Lipinski definition) is 3. The van der Waals surface area contributed by atoms with E-state index < -0.39 is 5.97 Å². The second-order valence-electron chi connectivity index (χ2n) is 4.67. The van der Waals surface area contributed by atoms with Crippen molar-refractivity contribution in [2.45, 2.75) is 37.9 Å². The molecule has 0 saturated heterocycles. The highest BCUT2D eigenvalue weighted by Crippen LogP contribution is 2.34. The highest BCUT2D eigenvalue weighted by molar-refractivity contribution is 7.99. The molecule has 0 bridgehead atoms. The van der Waals surface area contributed by atoms with Crippen LogP contribution in [-0.4, -0.2) is 26.4 Å². The lowest BCUT2D eigenvalue weighted by molar-refractivity contribution is -0.133. The zero-order valence-corrected chi connectivity index (χ0v) is 14.1. The molecule has 1 N–H and O–H groups in total. The van der Waals surface area contributed by atoms with E-state index in [1.165, 1.54) is 11.8 Å². The molecule has 0 aliphatic heterocycles. The second kappa shape index (κ2) is 6.90. The van der Waals surface area contributed by atoms with Crippen molar-refractivity contribution in [1.29, 1.82) is 0 Å². The molecule has 2 rings (SSSR count). The number of nitrogens with zero attached hydrogens (tertiary/aromatic N) is 2. The molecule has 2 aromatic rings. The number of carboxylic acids is 1. The normalized spacial score (nSPS) is 11.5. The third-order valence-electron chi connectivity index (χ3n) is 3.33. The van der Waals surface area contributed by atoms with Crippen LogP contribution in [0.4, 0.5) is 0 Å². The summed E-state index contributed by atoms with van der Waals surface area (Å²) >= 11 is 13.4. The van der Waals surface area contributed by atoms with Crippen molar-refractivity contribution in [3.8, 4) is 0 Å². The Labute approximate surface area is 137 Å². The number of benzene rings is 1. The Bertz CT molecular complexity index is 669. The van der Waals surface area contributed by atoms with Crippen LogP contribution in [0.15, 0.2) is 17.3 Å². The number of aliphatic carboxylic acids is 1. The SMILES string of the molecule is CCC(CC)n1c(SCC(=O)O)nc2cc(Cl)c(Cl)cc21. The number of imidazole rings is 1. The fourth-order valence-electron chi connectivity index (χ4n) is 2.30. The molecule has 0 spiro atoms. The van der Waals surface area contributed by atoms with Gasteiger partial charge in [0.05, 0.1) is 26.8 Å².